The van der Waals surface area contributed by atoms with Crippen LogP contribution in [0, 0.1) is 12.7 Å². The van der Waals surface area contributed by atoms with E-state index >= 15 is 0 Å². The van der Waals surface area contributed by atoms with Gasteiger partial charge in [-0.25, -0.2) is 4.39 Å². The number of rotatable bonds is 2. The van der Waals surface area contributed by atoms with Crippen molar-refractivity contribution < 1.29 is 9.13 Å². The monoisotopic (exact) mass is 290 g/mol. The maximum Gasteiger partial charge on any atom is 0.123 e. The van der Waals surface area contributed by atoms with Crippen molar-refractivity contribution in [3.63, 3.8) is 0 Å². The molecular formula is C17H16ClFO. The summed E-state index contributed by atoms with van der Waals surface area (Å²) in [5.74, 6) is 0.700. The molecule has 0 bridgehead atoms. The Hall–Kier alpha value is -1.54. The van der Waals surface area contributed by atoms with Gasteiger partial charge in [-0.05, 0) is 60.2 Å². The Labute approximate surface area is 123 Å². The van der Waals surface area contributed by atoms with Gasteiger partial charge in [0.05, 0.1) is 12.0 Å². The molecule has 0 aliphatic carbocycles. The molecular weight excluding hydrogens is 275 g/mol. The number of fused-ring (bicyclic) bond motifs is 1. The summed E-state index contributed by atoms with van der Waals surface area (Å²) >= 11 is 6.51. The Kier molecular flexibility index (Phi) is 3.66. The molecule has 0 spiro atoms. The van der Waals surface area contributed by atoms with E-state index in [9.17, 15) is 4.39 Å². The van der Waals surface area contributed by atoms with Crippen LogP contribution >= 0.6 is 11.6 Å². The standard InChI is InChI=1S/C17H16ClFO/c1-11-7-14(10-15(19)8-11)17(18)13-4-5-16-12(9-13)3-2-6-20-16/h4-5,7-10,17H,2-3,6H2,1H3. The molecule has 1 atom stereocenters. The second-order valence-electron chi connectivity index (χ2n) is 5.24. The molecule has 0 aromatic heterocycles. The predicted octanol–water partition coefficient (Wildman–Crippen LogP) is 4.79. The van der Waals surface area contributed by atoms with Crippen LogP contribution in [0.5, 0.6) is 5.75 Å². The van der Waals surface area contributed by atoms with E-state index in [1.54, 1.807) is 0 Å². The van der Waals surface area contributed by atoms with Crippen molar-refractivity contribution in [3.8, 4) is 5.75 Å². The summed E-state index contributed by atoms with van der Waals surface area (Å²) < 4.78 is 19.1. The molecule has 0 amide bonds. The second-order valence-corrected chi connectivity index (χ2v) is 5.68. The summed E-state index contributed by atoms with van der Waals surface area (Å²) in [6.45, 7) is 2.65. The molecule has 1 aliphatic rings. The van der Waals surface area contributed by atoms with Crippen LogP contribution < -0.4 is 4.74 Å². The average molecular weight is 291 g/mol. The molecule has 1 heterocycles. The number of benzene rings is 2. The Bertz CT molecular complexity index is 619. The third-order valence-electron chi connectivity index (χ3n) is 3.58. The Morgan fingerprint density at radius 1 is 1.15 bits per heavy atom. The highest BCUT2D eigenvalue weighted by Gasteiger charge is 2.16. The van der Waals surface area contributed by atoms with Gasteiger partial charge < -0.3 is 4.74 Å². The van der Waals surface area contributed by atoms with Gasteiger partial charge in [0.15, 0.2) is 0 Å². The Morgan fingerprint density at radius 3 is 2.80 bits per heavy atom. The van der Waals surface area contributed by atoms with Gasteiger partial charge in [-0.3, -0.25) is 0 Å². The van der Waals surface area contributed by atoms with Crippen LogP contribution in [-0.2, 0) is 6.42 Å². The lowest BCUT2D eigenvalue weighted by Gasteiger charge is -2.19. The van der Waals surface area contributed by atoms with E-state index < -0.39 is 0 Å². The minimum absolute atomic E-state index is 0.244. The zero-order valence-corrected chi connectivity index (χ0v) is 12.1. The zero-order chi connectivity index (χ0) is 14.1. The fourth-order valence-corrected chi connectivity index (χ4v) is 2.90. The van der Waals surface area contributed by atoms with Gasteiger partial charge in [-0.1, -0.05) is 18.2 Å². The van der Waals surface area contributed by atoms with E-state index in [0.29, 0.717) is 0 Å². The quantitative estimate of drug-likeness (QED) is 0.723. The number of ether oxygens (including phenoxy) is 1. The molecule has 3 rings (SSSR count). The van der Waals surface area contributed by atoms with Gasteiger partial charge in [0.25, 0.3) is 0 Å². The summed E-state index contributed by atoms with van der Waals surface area (Å²) in [4.78, 5) is 0. The van der Waals surface area contributed by atoms with Gasteiger partial charge in [0.1, 0.15) is 11.6 Å². The van der Waals surface area contributed by atoms with E-state index in [0.717, 1.165) is 41.9 Å². The fourth-order valence-electron chi connectivity index (χ4n) is 2.64. The summed E-state index contributed by atoms with van der Waals surface area (Å²) in [6.07, 6.45) is 2.04. The zero-order valence-electron chi connectivity index (χ0n) is 11.3. The lowest BCUT2D eigenvalue weighted by Crippen LogP contribution is -2.09. The van der Waals surface area contributed by atoms with Gasteiger partial charge >= 0.3 is 0 Å². The molecule has 0 radical (unpaired) electrons. The smallest absolute Gasteiger partial charge is 0.123 e. The average Bonchev–Trinajstić information content (AvgIpc) is 2.45. The highest BCUT2D eigenvalue weighted by atomic mass is 35.5. The van der Waals surface area contributed by atoms with Crippen molar-refractivity contribution in [1.29, 1.82) is 0 Å². The van der Waals surface area contributed by atoms with Gasteiger partial charge in [0, 0.05) is 0 Å². The van der Waals surface area contributed by atoms with E-state index in [4.69, 9.17) is 16.3 Å². The first-order valence-electron chi connectivity index (χ1n) is 6.80. The topological polar surface area (TPSA) is 9.23 Å². The molecule has 2 aromatic rings. The SMILES string of the molecule is Cc1cc(F)cc(C(Cl)c2ccc3c(c2)CCCO3)c1. The second kappa shape index (κ2) is 5.45. The minimum atomic E-state index is -0.336. The van der Waals surface area contributed by atoms with Gasteiger partial charge in [-0.15, -0.1) is 11.6 Å². The Morgan fingerprint density at radius 2 is 2.00 bits per heavy atom. The van der Waals surface area contributed by atoms with E-state index in [1.165, 1.54) is 17.7 Å². The molecule has 0 saturated carbocycles. The summed E-state index contributed by atoms with van der Waals surface area (Å²) in [5.41, 5.74) is 3.85. The van der Waals surface area contributed by atoms with Crippen LogP contribution in [0.1, 0.15) is 34.1 Å². The van der Waals surface area contributed by atoms with Crippen LogP contribution in [0.25, 0.3) is 0 Å². The van der Waals surface area contributed by atoms with Gasteiger partial charge in [-0.2, -0.15) is 0 Å². The molecule has 1 nitrogen and oxygen atoms in total. The minimum Gasteiger partial charge on any atom is -0.493 e. The molecule has 20 heavy (non-hydrogen) atoms. The largest absolute Gasteiger partial charge is 0.493 e. The Balaban J connectivity index is 1.95. The van der Waals surface area contributed by atoms with E-state index in [2.05, 4.69) is 6.07 Å². The van der Waals surface area contributed by atoms with Crippen molar-refractivity contribution in [2.45, 2.75) is 25.1 Å². The lowest BCUT2D eigenvalue weighted by molar-refractivity contribution is 0.288. The third kappa shape index (κ3) is 2.66. The number of hydrogen-bond donors (Lipinski definition) is 0. The summed E-state index contributed by atoms with van der Waals surface area (Å²) in [5, 5.41) is -0.336. The van der Waals surface area contributed by atoms with Crippen LogP contribution in [0.15, 0.2) is 36.4 Å². The maximum absolute atomic E-state index is 13.5. The molecule has 2 aromatic carbocycles. The highest BCUT2D eigenvalue weighted by molar-refractivity contribution is 6.22. The molecule has 104 valence electrons. The first kappa shape index (κ1) is 13.4. The van der Waals surface area contributed by atoms with Crippen LogP contribution in [-0.4, -0.2) is 6.61 Å². The lowest BCUT2D eigenvalue weighted by atomic mass is 9.98. The molecule has 1 unspecified atom stereocenters. The molecule has 1 aliphatic heterocycles. The van der Waals surface area contributed by atoms with E-state index in [1.807, 2.05) is 25.1 Å². The van der Waals surface area contributed by atoms with E-state index in [-0.39, 0.29) is 11.2 Å². The van der Waals surface area contributed by atoms with Gasteiger partial charge in [0.2, 0.25) is 0 Å². The molecule has 0 saturated heterocycles. The molecule has 0 fully saturated rings. The number of hydrogen-bond acceptors (Lipinski definition) is 1. The van der Waals surface area contributed by atoms with Crippen molar-refractivity contribution >= 4 is 11.6 Å². The number of alkyl halides is 1. The normalized spacial score (nSPS) is 15.3. The first-order chi connectivity index (χ1) is 9.63. The van der Waals surface area contributed by atoms with Crippen molar-refractivity contribution in [1.82, 2.24) is 0 Å². The predicted molar refractivity (Wildman–Crippen MR) is 79.1 cm³/mol. The van der Waals surface area contributed by atoms with Crippen LogP contribution in [0.2, 0.25) is 0 Å². The number of halogens is 2. The summed E-state index contributed by atoms with van der Waals surface area (Å²) in [6, 6.07) is 10.9. The van der Waals surface area contributed by atoms with Crippen LogP contribution in [0.3, 0.4) is 0 Å². The fraction of sp³-hybridized carbons (Fsp3) is 0.294. The van der Waals surface area contributed by atoms with Crippen LogP contribution in [0.4, 0.5) is 4.39 Å². The molecule has 0 N–H and O–H groups in total. The number of aryl methyl sites for hydroxylation is 2. The molecule has 3 heteroatoms. The highest BCUT2D eigenvalue weighted by Crippen LogP contribution is 2.34. The summed E-state index contributed by atoms with van der Waals surface area (Å²) in [7, 11) is 0. The van der Waals surface area contributed by atoms with Crippen molar-refractivity contribution in [3.05, 3.63) is 64.5 Å². The van der Waals surface area contributed by atoms with Crippen molar-refractivity contribution in [2.75, 3.05) is 6.61 Å². The third-order valence-corrected chi connectivity index (χ3v) is 4.09. The maximum atomic E-state index is 13.5. The van der Waals surface area contributed by atoms with Crippen molar-refractivity contribution in [2.24, 2.45) is 0 Å². The first-order valence-corrected chi connectivity index (χ1v) is 7.24.